The van der Waals surface area contributed by atoms with Gasteiger partial charge in [-0.25, -0.2) is 0 Å². The number of rotatable bonds is 2. The van der Waals surface area contributed by atoms with Crippen LogP contribution in [0.3, 0.4) is 0 Å². The molecule has 0 aliphatic carbocycles. The van der Waals surface area contributed by atoms with Crippen molar-refractivity contribution in [3.63, 3.8) is 0 Å². The Balaban J connectivity index is 2.16. The normalized spacial score (nSPS) is 16.6. The molecule has 1 unspecified atom stereocenters. The number of halogens is 1. The van der Waals surface area contributed by atoms with Crippen molar-refractivity contribution >= 4 is 15.9 Å². The van der Waals surface area contributed by atoms with Crippen LogP contribution in [-0.2, 0) is 12.0 Å². The zero-order valence-corrected chi connectivity index (χ0v) is 12.4. The lowest BCUT2D eigenvalue weighted by Gasteiger charge is -2.28. The highest BCUT2D eigenvalue weighted by molar-refractivity contribution is 9.10. The Morgan fingerprint density at radius 1 is 1.11 bits per heavy atom. The number of ether oxygens (including phenoxy) is 1. The molecular formula is C16H16BrNO. The van der Waals surface area contributed by atoms with Crippen LogP contribution in [-0.4, -0.2) is 6.61 Å². The molecule has 0 saturated heterocycles. The molecule has 0 spiro atoms. The molecule has 0 radical (unpaired) electrons. The van der Waals surface area contributed by atoms with E-state index in [-0.39, 0.29) is 0 Å². The fraction of sp³-hybridized carbons (Fsp3) is 0.250. The summed E-state index contributed by atoms with van der Waals surface area (Å²) in [4.78, 5) is 0. The molecule has 19 heavy (non-hydrogen) atoms. The topological polar surface area (TPSA) is 35.2 Å². The van der Waals surface area contributed by atoms with Gasteiger partial charge in [0.1, 0.15) is 5.75 Å². The average molecular weight is 318 g/mol. The van der Waals surface area contributed by atoms with Gasteiger partial charge in [0.15, 0.2) is 0 Å². The highest BCUT2D eigenvalue weighted by Crippen LogP contribution is 2.40. The van der Waals surface area contributed by atoms with Crippen molar-refractivity contribution in [3.8, 4) is 5.75 Å². The first-order chi connectivity index (χ1) is 9.10. The summed E-state index contributed by atoms with van der Waals surface area (Å²) in [5.74, 6) is 0.961. The van der Waals surface area contributed by atoms with Crippen molar-refractivity contribution in [1.29, 1.82) is 0 Å². The van der Waals surface area contributed by atoms with E-state index in [2.05, 4.69) is 40.2 Å². The smallest absolute Gasteiger partial charge is 0.128 e. The lowest BCUT2D eigenvalue weighted by molar-refractivity contribution is 0.347. The maximum Gasteiger partial charge on any atom is 0.128 e. The lowest BCUT2D eigenvalue weighted by Crippen LogP contribution is -2.35. The van der Waals surface area contributed by atoms with Crippen LogP contribution in [0.25, 0.3) is 0 Å². The van der Waals surface area contributed by atoms with Gasteiger partial charge in [0.25, 0.3) is 0 Å². The van der Waals surface area contributed by atoms with Crippen LogP contribution in [0.5, 0.6) is 5.75 Å². The Bertz CT molecular complexity index is 622. The molecule has 0 amide bonds. The molecule has 1 heterocycles. The molecule has 3 rings (SSSR count). The molecule has 0 fully saturated rings. The number of benzene rings is 2. The molecule has 1 atom stereocenters. The number of para-hydroxylation sites is 1. The summed E-state index contributed by atoms with van der Waals surface area (Å²) in [5, 5.41) is 0. The zero-order chi connectivity index (χ0) is 13.5. The van der Waals surface area contributed by atoms with E-state index in [1.165, 1.54) is 5.56 Å². The summed E-state index contributed by atoms with van der Waals surface area (Å²) < 4.78 is 6.81. The first-order valence-electron chi connectivity index (χ1n) is 6.40. The second kappa shape index (κ2) is 4.66. The average Bonchev–Trinajstić information content (AvgIpc) is 2.86. The second-order valence-electron chi connectivity index (χ2n) is 5.07. The van der Waals surface area contributed by atoms with E-state index >= 15 is 0 Å². The minimum atomic E-state index is -0.574. The van der Waals surface area contributed by atoms with Crippen LogP contribution in [0.2, 0.25) is 0 Å². The standard InChI is InChI=1S/C16H16BrNO/c1-16(18,12-6-2-3-8-14(12)17)13-7-4-5-11-9-10-19-15(11)13/h2-8H,9-10,18H2,1H3. The molecular weight excluding hydrogens is 302 g/mol. The number of hydrogen-bond acceptors (Lipinski definition) is 2. The number of hydrogen-bond donors (Lipinski definition) is 1. The third-order valence-electron chi connectivity index (χ3n) is 3.71. The predicted octanol–water partition coefficient (Wildman–Crippen LogP) is 3.61. The summed E-state index contributed by atoms with van der Waals surface area (Å²) in [5.41, 5.74) is 9.42. The molecule has 3 heteroatoms. The molecule has 0 saturated carbocycles. The Morgan fingerprint density at radius 2 is 1.84 bits per heavy atom. The lowest BCUT2D eigenvalue weighted by atomic mass is 9.84. The van der Waals surface area contributed by atoms with E-state index in [0.717, 1.165) is 34.4 Å². The molecule has 0 aromatic heterocycles. The van der Waals surface area contributed by atoms with Gasteiger partial charge in [-0.1, -0.05) is 52.3 Å². The third-order valence-corrected chi connectivity index (χ3v) is 4.40. The van der Waals surface area contributed by atoms with Gasteiger partial charge in [-0.05, 0) is 24.1 Å². The Morgan fingerprint density at radius 3 is 2.63 bits per heavy atom. The van der Waals surface area contributed by atoms with Crippen molar-refractivity contribution in [2.75, 3.05) is 6.61 Å². The Hall–Kier alpha value is -1.32. The molecule has 1 aliphatic heterocycles. The highest BCUT2D eigenvalue weighted by Gasteiger charge is 2.31. The van der Waals surface area contributed by atoms with Crippen molar-refractivity contribution < 1.29 is 4.74 Å². The van der Waals surface area contributed by atoms with E-state index in [4.69, 9.17) is 10.5 Å². The Kier molecular flexibility index (Phi) is 3.11. The fourth-order valence-electron chi connectivity index (χ4n) is 2.65. The van der Waals surface area contributed by atoms with Gasteiger partial charge in [0.05, 0.1) is 12.1 Å². The predicted molar refractivity (Wildman–Crippen MR) is 80.4 cm³/mol. The maximum atomic E-state index is 6.62. The van der Waals surface area contributed by atoms with Crippen molar-refractivity contribution in [1.82, 2.24) is 0 Å². The largest absolute Gasteiger partial charge is 0.493 e. The van der Waals surface area contributed by atoms with Gasteiger partial charge in [0.2, 0.25) is 0 Å². The van der Waals surface area contributed by atoms with E-state index in [1.54, 1.807) is 0 Å². The van der Waals surface area contributed by atoms with E-state index < -0.39 is 5.54 Å². The summed E-state index contributed by atoms with van der Waals surface area (Å²) in [6.45, 7) is 2.78. The molecule has 2 aromatic rings. The highest BCUT2D eigenvalue weighted by atomic mass is 79.9. The van der Waals surface area contributed by atoms with Gasteiger partial charge < -0.3 is 10.5 Å². The monoisotopic (exact) mass is 317 g/mol. The number of fused-ring (bicyclic) bond motifs is 1. The van der Waals surface area contributed by atoms with Crippen LogP contribution >= 0.6 is 15.9 Å². The van der Waals surface area contributed by atoms with Crippen LogP contribution in [0.1, 0.15) is 23.6 Å². The van der Waals surface area contributed by atoms with Gasteiger partial charge in [-0.3, -0.25) is 0 Å². The van der Waals surface area contributed by atoms with Gasteiger partial charge >= 0.3 is 0 Å². The third kappa shape index (κ3) is 2.07. The minimum absolute atomic E-state index is 0.574. The first-order valence-corrected chi connectivity index (χ1v) is 7.19. The molecule has 0 bridgehead atoms. The van der Waals surface area contributed by atoms with Crippen molar-refractivity contribution in [2.45, 2.75) is 18.9 Å². The molecule has 2 aromatic carbocycles. The van der Waals surface area contributed by atoms with Crippen molar-refractivity contribution in [2.24, 2.45) is 5.73 Å². The van der Waals surface area contributed by atoms with E-state index in [9.17, 15) is 0 Å². The van der Waals surface area contributed by atoms with Crippen molar-refractivity contribution in [3.05, 3.63) is 63.6 Å². The van der Waals surface area contributed by atoms with E-state index in [0.29, 0.717) is 0 Å². The quantitative estimate of drug-likeness (QED) is 0.918. The molecule has 2 nitrogen and oxygen atoms in total. The van der Waals surface area contributed by atoms with Crippen LogP contribution in [0.15, 0.2) is 46.9 Å². The van der Waals surface area contributed by atoms with Crippen LogP contribution in [0, 0.1) is 0 Å². The molecule has 1 aliphatic rings. The summed E-state index contributed by atoms with van der Waals surface area (Å²) in [7, 11) is 0. The van der Waals surface area contributed by atoms with Gasteiger partial charge in [0, 0.05) is 16.5 Å². The SMILES string of the molecule is CC(N)(c1ccccc1Br)c1cccc2c1OCC2. The van der Waals surface area contributed by atoms with Gasteiger partial charge in [-0.2, -0.15) is 0 Å². The number of nitrogens with two attached hydrogens (primary N) is 1. The first kappa shape index (κ1) is 12.7. The Labute approximate surface area is 121 Å². The maximum absolute atomic E-state index is 6.62. The zero-order valence-electron chi connectivity index (χ0n) is 10.8. The fourth-order valence-corrected chi connectivity index (χ4v) is 3.35. The van der Waals surface area contributed by atoms with Gasteiger partial charge in [-0.15, -0.1) is 0 Å². The van der Waals surface area contributed by atoms with Crippen LogP contribution < -0.4 is 10.5 Å². The summed E-state index contributed by atoms with van der Waals surface area (Å²) >= 11 is 3.59. The molecule has 98 valence electrons. The van der Waals surface area contributed by atoms with E-state index in [1.807, 2.05) is 25.1 Å². The second-order valence-corrected chi connectivity index (χ2v) is 5.93. The molecule has 2 N–H and O–H groups in total. The summed E-state index contributed by atoms with van der Waals surface area (Å²) in [6, 6.07) is 14.3. The van der Waals surface area contributed by atoms with Crippen LogP contribution in [0.4, 0.5) is 0 Å². The minimum Gasteiger partial charge on any atom is -0.493 e. The summed E-state index contributed by atoms with van der Waals surface area (Å²) in [6.07, 6.45) is 0.967.